The minimum Gasteiger partial charge on any atom is -0.361 e. The number of fused-ring (bicyclic) bond motifs is 1. The number of nitrogens with one attached hydrogen (secondary N) is 1. The maximum atomic E-state index is 13.9. The number of isocyanates is 1. The molecule has 0 unspecified atom stereocenters. The van der Waals surface area contributed by atoms with E-state index in [0.717, 1.165) is 10.9 Å². The van der Waals surface area contributed by atoms with Crippen LogP contribution in [0.15, 0.2) is 29.4 Å². The summed E-state index contributed by atoms with van der Waals surface area (Å²) >= 11 is 0. The fraction of sp³-hybridized carbons (Fsp3) is 0.250. The minimum absolute atomic E-state index is 0.302. The van der Waals surface area contributed by atoms with E-state index in [2.05, 4.69) is 9.98 Å². The summed E-state index contributed by atoms with van der Waals surface area (Å²) in [4.78, 5) is 17.1. The third-order valence-corrected chi connectivity index (χ3v) is 3.13. The van der Waals surface area contributed by atoms with Crippen LogP contribution in [-0.2, 0) is 10.3 Å². The molecular weight excluding hydrogens is 207 g/mol. The fourth-order valence-electron chi connectivity index (χ4n) is 2.08. The van der Waals surface area contributed by atoms with E-state index in [-0.39, 0.29) is 5.82 Å². The van der Waals surface area contributed by atoms with E-state index >= 15 is 0 Å². The maximum Gasteiger partial charge on any atom is 0.235 e. The molecule has 3 rings (SSSR count). The second-order valence-electron chi connectivity index (χ2n) is 4.13. The lowest BCUT2D eigenvalue weighted by Gasteiger charge is -2.09. The van der Waals surface area contributed by atoms with Crippen LogP contribution in [0.5, 0.6) is 0 Å². The lowest BCUT2D eigenvalue weighted by molar-refractivity contribution is 0.548. The molecule has 2 aromatic rings. The van der Waals surface area contributed by atoms with Crippen molar-refractivity contribution in [2.75, 3.05) is 0 Å². The van der Waals surface area contributed by atoms with Gasteiger partial charge in [0.1, 0.15) is 11.4 Å². The van der Waals surface area contributed by atoms with Crippen LogP contribution in [0.4, 0.5) is 4.39 Å². The van der Waals surface area contributed by atoms with E-state index in [9.17, 15) is 9.18 Å². The van der Waals surface area contributed by atoms with Gasteiger partial charge in [0.2, 0.25) is 6.08 Å². The van der Waals surface area contributed by atoms with E-state index in [4.69, 9.17) is 0 Å². The highest BCUT2D eigenvalue weighted by Crippen LogP contribution is 2.50. The van der Waals surface area contributed by atoms with Gasteiger partial charge in [-0.05, 0) is 31.0 Å². The first-order valence-corrected chi connectivity index (χ1v) is 5.11. The van der Waals surface area contributed by atoms with Gasteiger partial charge in [0.25, 0.3) is 0 Å². The standard InChI is InChI=1S/C12H9FN2O/c13-10-5-8-1-4-14-11(8)6-9(10)12(2-3-12)15-7-16/h1,4-6,14H,2-3H2. The number of aliphatic imine (C=N–C) groups is 1. The van der Waals surface area contributed by atoms with Crippen molar-refractivity contribution in [3.63, 3.8) is 0 Å². The number of aromatic amines is 1. The summed E-state index contributed by atoms with van der Waals surface area (Å²) in [6, 6.07) is 5.02. The molecule has 0 radical (unpaired) electrons. The van der Waals surface area contributed by atoms with Gasteiger partial charge in [-0.2, -0.15) is 4.99 Å². The Bertz CT molecular complexity index is 607. The first kappa shape index (κ1) is 9.31. The number of halogens is 1. The molecule has 4 heteroatoms. The molecule has 0 bridgehead atoms. The van der Waals surface area contributed by atoms with E-state index in [0.29, 0.717) is 18.4 Å². The highest BCUT2D eigenvalue weighted by molar-refractivity contribution is 5.80. The Labute approximate surface area is 91.0 Å². The molecule has 0 aliphatic heterocycles. The molecule has 0 spiro atoms. The van der Waals surface area contributed by atoms with Crippen LogP contribution < -0.4 is 0 Å². The number of hydrogen-bond acceptors (Lipinski definition) is 2. The summed E-state index contributed by atoms with van der Waals surface area (Å²) in [7, 11) is 0. The normalized spacial score (nSPS) is 17.1. The molecule has 1 aliphatic rings. The van der Waals surface area contributed by atoms with Crippen molar-refractivity contribution >= 4 is 17.0 Å². The maximum absolute atomic E-state index is 13.9. The lowest BCUT2D eigenvalue weighted by atomic mass is 10.0. The Morgan fingerprint density at radius 1 is 1.44 bits per heavy atom. The Balaban J connectivity index is 2.23. The second kappa shape index (κ2) is 3.03. The Morgan fingerprint density at radius 2 is 2.25 bits per heavy atom. The first-order chi connectivity index (χ1) is 7.75. The van der Waals surface area contributed by atoms with Crippen LogP contribution in [0.3, 0.4) is 0 Å². The Hall–Kier alpha value is -1.93. The van der Waals surface area contributed by atoms with Gasteiger partial charge >= 0.3 is 0 Å². The van der Waals surface area contributed by atoms with Gasteiger partial charge in [0, 0.05) is 22.7 Å². The third-order valence-electron chi connectivity index (χ3n) is 3.13. The molecular formula is C12H9FN2O. The minimum atomic E-state index is -0.648. The molecule has 16 heavy (non-hydrogen) atoms. The van der Waals surface area contributed by atoms with Gasteiger partial charge in [-0.3, -0.25) is 0 Å². The fourth-order valence-corrected chi connectivity index (χ4v) is 2.08. The van der Waals surface area contributed by atoms with Crippen LogP contribution in [0.2, 0.25) is 0 Å². The molecule has 3 nitrogen and oxygen atoms in total. The molecule has 1 saturated carbocycles. The zero-order chi connectivity index (χ0) is 11.2. The quantitative estimate of drug-likeness (QED) is 0.608. The molecule has 1 fully saturated rings. The second-order valence-corrected chi connectivity index (χ2v) is 4.13. The van der Waals surface area contributed by atoms with Crippen LogP contribution in [-0.4, -0.2) is 11.1 Å². The first-order valence-electron chi connectivity index (χ1n) is 5.11. The van der Waals surface area contributed by atoms with Gasteiger partial charge in [-0.15, -0.1) is 0 Å². The largest absolute Gasteiger partial charge is 0.361 e. The molecule has 1 aliphatic carbocycles. The molecule has 1 aromatic heterocycles. The van der Waals surface area contributed by atoms with Crippen molar-refractivity contribution in [2.24, 2.45) is 4.99 Å². The summed E-state index contributed by atoms with van der Waals surface area (Å²) in [5.41, 5.74) is 0.708. The predicted molar refractivity (Wildman–Crippen MR) is 57.3 cm³/mol. The number of carbonyl (C=O) groups excluding carboxylic acids is 1. The number of nitrogens with zero attached hydrogens (tertiary/aromatic N) is 1. The number of rotatable bonds is 2. The van der Waals surface area contributed by atoms with E-state index in [1.807, 2.05) is 6.07 Å². The number of benzene rings is 1. The molecule has 1 heterocycles. The molecule has 0 atom stereocenters. The molecule has 1 aromatic carbocycles. The number of hydrogen-bond donors (Lipinski definition) is 1. The van der Waals surface area contributed by atoms with E-state index < -0.39 is 5.54 Å². The van der Waals surface area contributed by atoms with Crippen LogP contribution >= 0.6 is 0 Å². The summed E-state index contributed by atoms with van der Waals surface area (Å²) in [6.07, 6.45) is 4.72. The van der Waals surface area contributed by atoms with Crippen LogP contribution in [0, 0.1) is 5.82 Å². The van der Waals surface area contributed by atoms with Crippen LogP contribution in [0.25, 0.3) is 10.9 Å². The van der Waals surface area contributed by atoms with Gasteiger partial charge in [-0.1, -0.05) is 0 Å². The molecule has 0 saturated heterocycles. The average Bonchev–Trinajstić information content (AvgIpc) is 2.89. The SMILES string of the molecule is O=C=NC1(c2cc3[nH]ccc3cc2F)CC1. The van der Waals surface area contributed by atoms with Crippen molar-refractivity contribution in [3.8, 4) is 0 Å². The monoisotopic (exact) mass is 216 g/mol. The van der Waals surface area contributed by atoms with Crippen LogP contribution in [0.1, 0.15) is 18.4 Å². The van der Waals surface area contributed by atoms with Crippen molar-refractivity contribution in [1.29, 1.82) is 0 Å². The van der Waals surface area contributed by atoms with Gasteiger partial charge in [-0.25, -0.2) is 9.18 Å². The van der Waals surface area contributed by atoms with Gasteiger partial charge in [0.05, 0.1) is 0 Å². The average molecular weight is 216 g/mol. The molecule has 0 amide bonds. The topological polar surface area (TPSA) is 45.2 Å². The lowest BCUT2D eigenvalue weighted by Crippen LogP contribution is -2.05. The van der Waals surface area contributed by atoms with Crippen molar-refractivity contribution in [1.82, 2.24) is 4.98 Å². The van der Waals surface area contributed by atoms with Gasteiger partial charge in [0.15, 0.2) is 0 Å². The summed E-state index contributed by atoms with van der Waals surface area (Å²) in [6.45, 7) is 0. The van der Waals surface area contributed by atoms with Crippen molar-refractivity contribution in [3.05, 3.63) is 35.8 Å². The van der Waals surface area contributed by atoms with E-state index in [1.54, 1.807) is 12.3 Å². The highest BCUT2D eigenvalue weighted by Gasteiger charge is 2.46. The summed E-state index contributed by atoms with van der Waals surface area (Å²) in [5, 5.41) is 0.826. The molecule has 80 valence electrons. The van der Waals surface area contributed by atoms with Crippen molar-refractivity contribution < 1.29 is 9.18 Å². The summed E-state index contributed by atoms with van der Waals surface area (Å²) < 4.78 is 13.9. The highest BCUT2D eigenvalue weighted by atomic mass is 19.1. The zero-order valence-corrected chi connectivity index (χ0v) is 8.46. The summed E-state index contributed by atoms with van der Waals surface area (Å²) in [5.74, 6) is -0.302. The predicted octanol–water partition coefficient (Wildman–Crippen LogP) is 2.63. The smallest absolute Gasteiger partial charge is 0.235 e. The van der Waals surface area contributed by atoms with E-state index in [1.165, 1.54) is 12.1 Å². The molecule has 1 N–H and O–H groups in total. The number of aromatic nitrogens is 1. The third kappa shape index (κ3) is 1.20. The Morgan fingerprint density at radius 3 is 2.94 bits per heavy atom. The Kier molecular flexibility index (Phi) is 1.76. The number of H-pyrrole nitrogens is 1. The van der Waals surface area contributed by atoms with Gasteiger partial charge < -0.3 is 4.98 Å². The zero-order valence-electron chi connectivity index (χ0n) is 8.46. The van der Waals surface area contributed by atoms with Crippen molar-refractivity contribution in [2.45, 2.75) is 18.4 Å².